The molecule has 2 aromatic carbocycles. The number of aromatic nitrogens is 2. The van der Waals surface area contributed by atoms with Crippen LogP contribution in [0.4, 0.5) is 15.9 Å². The number of hydrogen-bond donors (Lipinski definition) is 1. The number of carbonyl (C=O) groups is 1. The quantitative estimate of drug-likeness (QED) is 0.345. The molecule has 178 valence electrons. The molecule has 0 bridgehead atoms. The lowest BCUT2D eigenvalue weighted by Gasteiger charge is -2.16. The molecule has 1 aliphatic rings. The predicted molar refractivity (Wildman–Crippen MR) is 127 cm³/mol. The zero-order valence-corrected chi connectivity index (χ0v) is 19.4. The van der Waals surface area contributed by atoms with Crippen molar-refractivity contribution in [3.05, 3.63) is 65.0 Å². The number of hydrogen-bond acceptors (Lipinski definition) is 7. The van der Waals surface area contributed by atoms with Crippen molar-refractivity contribution in [2.45, 2.75) is 32.6 Å². The van der Waals surface area contributed by atoms with Gasteiger partial charge in [0.1, 0.15) is 23.9 Å². The van der Waals surface area contributed by atoms with E-state index in [1.165, 1.54) is 6.07 Å². The first-order chi connectivity index (χ1) is 16.6. The van der Waals surface area contributed by atoms with Gasteiger partial charge in [0, 0.05) is 18.2 Å². The van der Waals surface area contributed by atoms with Gasteiger partial charge in [0.25, 0.3) is 0 Å². The van der Waals surface area contributed by atoms with E-state index in [0.29, 0.717) is 31.2 Å². The summed E-state index contributed by atoms with van der Waals surface area (Å²) in [4.78, 5) is 11.7. The van der Waals surface area contributed by atoms with E-state index in [2.05, 4.69) is 15.5 Å². The zero-order valence-electron chi connectivity index (χ0n) is 19.4. The Bertz CT molecular complexity index is 1170. The lowest BCUT2D eigenvalue weighted by Crippen LogP contribution is -2.09. The van der Waals surface area contributed by atoms with Gasteiger partial charge in [-0.1, -0.05) is 18.2 Å². The maximum Gasteiger partial charge on any atom is 0.310 e. The number of ether oxygens (including phenoxy) is 3. The van der Waals surface area contributed by atoms with E-state index in [-0.39, 0.29) is 18.1 Å². The van der Waals surface area contributed by atoms with E-state index in [9.17, 15) is 9.18 Å². The fraction of sp³-hybridized carbons (Fsp3) is 0.346. The normalized spacial score (nSPS) is 12.3. The molecule has 1 aromatic heterocycles. The van der Waals surface area contributed by atoms with Crippen LogP contribution in [-0.4, -0.2) is 43.1 Å². The average Bonchev–Trinajstić information content (AvgIpc) is 3.32. The standard InChI is InChI=1S/C26H28FN3O4/c1-3-33-24(31)16-17-11-12-22(21(27)15-17)28-26-19-9-6-8-18(19)25(29-30-26)20-7-4-5-10-23(20)34-14-13-32-2/h4-5,7,10-12,15H,3,6,8-9,13-14,16H2,1-2H3,(H,28,30). The number of carbonyl (C=O) groups excluding carboxylic acids is 1. The van der Waals surface area contributed by atoms with E-state index in [4.69, 9.17) is 14.2 Å². The Morgan fingerprint density at radius 2 is 1.91 bits per heavy atom. The van der Waals surface area contributed by atoms with Crippen molar-refractivity contribution in [3.8, 4) is 17.0 Å². The van der Waals surface area contributed by atoms with Crippen LogP contribution < -0.4 is 10.1 Å². The third-order valence-corrected chi connectivity index (χ3v) is 5.67. The van der Waals surface area contributed by atoms with Gasteiger partial charge < -0.3 is 19.5 Å². The van der Waals surface area contributed by atoms with Gasteiger partial charge in [-0.2, -0.15) is 0 Å². The first-order valence-corrected chi connectivity index (χ1v) is 11.4. The van der Waals surface area contributed by atoms with Gasteiger partial charge in [0.05, 0.1) is 25.3 Å². The van der Waals surface area contributed by atoms with Crippen molar-refractivity contribution in [3.63, 3.8) is 0 Å². The van der Waals surface area contributed by atoms with Gasteiger partial charge in [0.2, 0.25) is 0 Å². The molecule has 7 nitrogen and oxygen atoms in total. The number of para-hydroxylation sites is 1. The Morgan fingerprint density at radius 3 is 2.71 bits per heavy atom. The molecule has 0 atom stereocenters. The summed E-state index contributed by atoms with van der Waals surface area (Å²) in [5, 5.41) is 12.0. The molecule has 1 N–H and O–H groups in total. The molecule has 3 aromatic rings. The van der Waals surface area contributed by atoms with E-state index >= 15 is 0 Å². The van der Waals surface area contributed by atoms with Crippen LogP contribution in [0.5, 0.6) is 5.75 Å². The van der Waals surface area contributed by atoms with E-state index in [1.807, 2.05) is 24.3 Å². The molecule has 0 spiro atoms. The van der Waals surface area contributed by atoms with Crippen molar-refractivity contribution in [1.82, 2.24) is 10.2 Å². The van der Waals surface area contributed by atoms with Crippen molar-refractivity contribution in [2.75, 3.05) is 32.2 Å². The Hall–Kier alpha value is -3.52. The second-order valence-electron chi connectivity index (χ2n) is 7.97. The number of esters is 1. The number of halogens is 1. The summed E-state index contributed by atoms with van der Waals surface area (Å²) < 4.78 is 30.7. The molecule has 0 aliphatic heterocycles. The minimum absolute atomic E-state index is 0.0286. The Kier molecular flexibility index (Phi) is 7.69. The highest BCUT2D eigenvalue weighted by Crippen LogP contribution is 2.38. The highest BCUT2D eigenvalue weighted by Gasteiger charge is 2.24. The average molecular weight is 466 g/mol. The Labute approximate surface area is 198 Å². The predicted octanol–water partition coefficient (Wildman–Crippen LogP) is 4.65. The molecule has 4 rings (SSSR count). The van der Waals surface area contributed by atoms with Gasteiger partial charge >= 0.3 is 5.97 Å². The zero-order chi connectivity index (χ0) is 23.9. The van der Waals surface area contributed by atoms with Crippen LogP contribution in [0.2, 0.25) is 0 Å². The SMILES string of the molecule is CCOC(=O)Cc1ccc(Nc2nnc(-c3ccccc3OCCOC)c3c2CCC3)c(F)c1. The van der Waals surface area contributed by atoms with Crippen LogP contribution in [-0.2, 0) is 33.5 Å². The van der Waals surface area contributed by atoms with E-state index < -0.39 is 5.82 Å². The minimum atomic E-state index is -0.462. The van der Waals surface area contributed by atoms with Crippen molar-refractivity contribution >= 4 is 17.5 Å². The van der Waals surface area contributed by atoms with E-state index in [1.54, 1.807) is 26.2 Å². The maximum absolute atomic E-state index is 14.8. The lowest BCUT2D eigenvalue weighted by atomic mass is 10.0. The Morgan fingerprint density at radius 1 is 1.09 bits per heavy atom. The van der Waals surface area contributed by atoms with Crippen LogP contribution >= 0.6 is 0 Å². The second kappa shape index (κ2) is 11.1. The van der Waals surface area contributed by atoms with Gasteiger partial charge in [-0.05, 0) is 61.6 Å². The van der Waals surface area contributed by atoms with Crippen LogP contribution in [0.15, 0.2) is 42.5 Å². The van der Waals surface area contributed by atoms with Crippen LogP contribution in [0, 0.1) is 5.82 Å². The summed E-state index contributed by atoms with van der Waals surface area (Å²) in [6.45, 7) is 2.97. The summed E-state index contributed by atoms with van der Waals surface area (Å²) in [5.41, 5.74) is 4.64. The highest BCUT2D eigenvalue weighted by molar-refractivity contribution is 5.75. The summed E-state index contributed by atoms with van der Waals surface area (Å²) in [6, 6.07) is 12.4. The number of benzene rings is 2. The molecule has 34 heavy (non-hydrogen) atoms. The molecule has 1 aliphatic carbocycles. The monoisotopic (exact) mass is 465 g/mol. The molecule has 0 amide bonds. The van der Waals surface area contributed by atoms with Crippen molar-refractivity contribution < 1.29 is 23.4 Å². The molecule has 0 fully saturated rings. The lowest BCUT2D eigenvalue weighted by molar-refractivity contribution is -0.142. The van der Waals surface area contributed by atoms with Crippen molar-refractivity contribution in [2.24, 2.45) is 0 Å². The molecule has 0 saturated heterocycles. The first kappa shape index (κ1) is 23.6. The molecule has 0 saturated carbocycles. The van der Waals surface area contributed by atoms with E-state index in [0.717, 1.165) is 47.4 Å². The van der Waals surface area contributed by atoms with Gasteiger partial charge in [-0.25, -0.2) is 4.39 Å². The minimum Gasteiger partial charge on any atom is -0.490 e. The molecular formula is C26H28FN3O4. The molecule has 1 heterocycles. The highest BCUT2D eigenvalue weighted by atomic mass is 19.1. The summed E-state index contributed by atoms with van der Waals surface area (Å²) in [7, 11) is 1.64. The molecule has 8 heteroatoms. The first-order valence-electron chi connectivity index (χ1n) is 11.4. The number of methoxy groups -OCH3 is 1. The number of nitrogens with zero attached hydrogens (tertiary/aromatic N) is 2. The smallest absolute Gasteiger partial charge is 0.310 e. The fourth-order valence-electron chi connectivity index (χ4n) is 4.10. The second-order valence-corrected chi connectivity index (χ2v) is 7.97. The number of nitrogens with one attached hydrogen (secondary N) is 1. The molecule has 0 radical (unpaired) electrons. The van der Waals surface area contributed by atoms with Crippen molar-refractivity contribution in [1.29, 1.82) is 0 Å². The molecular weight excluding hydrogens is 437 g/mol. The van der Waals surface area contributed by atoms with Crippen LogP contribution in [0.25, 0.3) is 11.3 Å². The van der Waals surface area contributed by atoms with Crippen LogP contribution in [0.1, 0.15) is 30.0 Å². The number of rotatable bonds is 10. The van der Waals surface area contributed by atoms with Gasteiger partial charge in [0.15, 0.2) is 5.82 Å². The maximum atomic E-state index is 14.8. The third-order valence-electron chi connectivity index (χ3n) is 5.67. The summed E-state index contributed by atoms with van der Waals surface area (Å²) in [6.07, 6.45) is 2.69. The van der Waals surface area contributed by atoms with Gasteiger partial charge in [-0.15, -0.1) is 10.2 Å². The topological polar surface area (TPSA) is 82.6 Å². The summed E-state index contributed by atoms with van der Waals surface area (Å²) >= 11 is 0. The van der Waals surface area contributed by atoms with Crippen LogP contribution in [0.3, 0.4) is 0 Å². The Balaban J connectivity index is 1.59. The number of anilines is 2. The largest absolute Gasteiger partial charge is 0.490 e. The fourth-order valence-corrected chi connectivity index (χ4v) is 4.10. The third kappa shape index (κ3) is 5.34. The summed E-state index contributed by atoms with van der Waals surface area (Å²) in [5.74, 6) is 0.433. The van der Waals surface area contributed by atoms with Gasteiger partial charge in [-0.3, -0.25) is 4.79 Å². The number of fused-ring (bicyclic) bond motifs is 1. The molecule has 0 unspecified atom stereocenters.